The number of benzene rings is 1. The van der Waals surface area contributed by atoms with Crippen molar-refractivity contribution in [1.82, 2.24) is 24.6 Å². The lowest BCUT2D eigenvalue weighted by Crippen LogP contribution is -2.32. The molecule has 9 heteroatoms. The minimum absolute atomic E-state index is 0.0302. The van der Waals surface area contributed by atoms with Crippen LogP contribution in [0.2, 0.25) is 0 Å². The Hall–Kier alpha value is -4.14. The van der Waals surface area contributed by atoms with Crippen LogP contribution in [0, 0.1) is 0 Å². The Labute approximate surface area is 150 Å². The second kappa shape index (κ2) is 5.43. The maximum Gasteiger partial charge on any atom is 0.267 e. The van der Waals surface area contributed by atoms with Gasteiger partial charge in [-0.25, -0.2) is 4.90 Å². The van der Waals surface area contributed by atoms with Gasteiger partial charge < -0.3 is 0 Å². The van der Waals surface area contributed by atoms with Crippen molar-refractivity contribution in [1.29, 1.82) is 0 Å². The Bertz CT molecular complexity index is 1260. The smallest absolute Gasteiger partial charge is 0.267 e. The molecule has 1 N–H and O–H groups in total. The number of fused-ring (bicyclic) bond motifs is 2. The standard InChI is InChI=1S/C18H10N6O3/c25-13-8-14(23-16(26)11-5-1-2-6-12(11)17(23)27)24-18(20-13)21-15(22-24)10-4-3-7-19-9-10/h1-9H,(H,20,21,22,25). The summed E-state index contributed by atoms with van der Waals surface area (Å²) in [5, 5.41) is 4.35. The zero-order chi connectivity index (χ0) is 18.5. The molecule has 4 heterocycles. The van der Waals surface area contributed by atoms with Crippen LogP contribution in [-0.4, -0.2) is 36.4 Å². The Morgan fingerprint density at radius 2 is 1.67 bits per heavy atom. The molecule has 1 aliphatic rings. The average Bonchev–Trinajstić information content (AvgIpc) is 3.22. The number of hydrogen-bond donors (Lipinski definition) is 1. The normalized spacial score (nSPS) is 13.4. The first-order valence-electron chi connectivity index (χ1n) is 8.02. The molecule has 0 aliphatic carbocycles. The van der Waals surface area contributed by atoms with E-state index in [1.807, 2.05) is 0 Å². The van der Waals surface area contributed by atoms with E-state index in [0.29, 0.717) is 11.4 Å². The van der Waals surface area contributed by atoms with E-state index in [0.717, 1.165) is 11.0 Å². The zero-order valence-corrected chi connectivity index (χ0v) is 13.7. The molecule has 0 saturated heterocycles. The predicted molar refractivity (Wildman–Crippen MR) is 94.4 cm³/mol. The second-order valence-corrected chi connectivity index (χ2v) is 5.90. The van der Waals surface area contributed by atoms with Gasteiger partial charge in [0, 0.05) is 24.0 Å². The van der Waals surface area contributed by atoms with Crippen LogP contribution in [0.15, 0.2) is 59.7 Å². The number of nitrogens with zero attached hydrogens (tertiary/aromatic N) is 5. The van der Waals surface area contributed by atoms with Gasteiger partial charge in [-0.2, -0.15) is 9.50 Å². The molecular weight excluding hydrogens is 348 g/mol. The van der Waals surface area contributed by atoms with Crippen LogP contribution in [-0.2, 0) is 0 Å². The van der Waals surface area contributed by atoms with Crippen molar-refractivity contribution >= 4 is 23.4 Å². The van der Waals surface area contributed by atoms with Crippen molar-refractivity contribution in [2.24, 2.45) is 0 Å². The van der Waals surface area contributed by atoms with Gasteiger partial charge in [0.05, 0.1) is 11.1 Å². The summed E-state index contributed by atoms with van der Waals surface area (Å²) in [6.07, 6.45) is 3.19. The maximum atomic E-state index is 12.8. The van der Waals surface area contributed by atoms with Crippen molar-refractivity contribution in [2.75, 3.05) is 4.90 Å². The number of hydrogen-bond acceptors (Lipinski definition) is 6. The highest BCUT2D eigenvalue weighted by atomic mass is 16.2. The highest BCUT2D eigenvalue weighted by Crippen LogP contribution is 2.28. The van der Waals surface area contributed by atoms with Crippen molar-refractivity contribution in [3.05, 3.63) is 76.3 Å². The van der Waals surface area contributed by atoms with Crippen LogP contribution in [0.4, 0.5) is 5.82 Å². The molecule has 0 unspecified atom stereocenters. The van der Waals surface area contributed by atoms with E-state index in [4.69, 9.17) is 0 Å². The van der Waals surface area contributed by atoms with E-state index >= 15 is 0 Å². The van der Waals surface area contributed by atoms with Gasteiger partial charge in [-0.15, -0.1) is 5.10 Å². The molecule has 5 rings (SSSR count). The number of amides is 2. The molecule has 1 aliphatic heterocycles. The summed E-state index contributed by atoms with van der Waals surface area (Å²) >= 11 is 0. The summed E-state index contributed by atoms with van der Waals surface area (Å²) in [5.41, 5.74) is 0.696. The molecule has 0 spiro atoms. The van der Waals surface area contributed by atoms with E-state index in [1.165, 1.54) is 4.52 Å². The maximum absolute atomic E-state index is 12.8. The monoisotopic (exact) mass is 358 g/mol. The molecule has 1 aromatic carbocycles. The molecule has 0 saturated carbocycles. The number of pyridine rings is 1. The molecule has 130 valence electrons. The zero-order valence-electron chi connectivity index (χ0n) is 13.7. The van der Waals surface area contributed by atoms with Gasteiger partial charge >= 0.3 is 0 Å². The first-order chi connectivity index (χ1) is 13.1. The fraction of sp³-hybridized carbons (Fsp3) is 0. The van der Waals surface area contributed by atoms with E-state index in [2.05, 4.69) is 20.1 Å². The summed E-state index contributed by atoms with van der Waals surface area (Å²) in [6, 6.07) is 11.1. The van der Waals surface area contributed by atoms with Gasteiger partial charge in [0.1, 0.15) is 0 Å². The molecule has 0 atom stereocenters. The van der Waals surface area contributed by atoms with Gasteiger partial charge in [0.15, 0.2) is 11.6 Å². The van der Waals surface area contributed by atoms with Crippen molar-refractivity contribution in [3.63, 3.8) is 0 Å². The highest BCUT2D eigenvalue weighted by molar-refractivity contribution is 6.34. The fourth-order valence-electron chi connectivity index (χ4n) is 3.05. The Morgan fingerprint density at radius 3 is 2.33 bits per heavy atom. The van der Waals surface area contributed by atoms with Crippen molar-refractivity contribution < 1.29 is 9.59 Å². The summed E-state index contributed by atoms with van der Waals surface area (Å²) < 4.78 is 1.27. The van der Waals surface area contributed by atoms with Crippen LogP contribution in [0.25, 0.3) is 17.2 Å². The van der Waals surface area contributed by atoms with Crippen LogP contribution >= 0.6 is 0 Å². The summed E-state index contributed by atoms with van der Waals surface area (Å²) in [5.74, 6) is -0.569. The van der Waals surface area contributed by atoms with Gasteiger partial charge in [0.25, 0.3) is 17.4 Å². The largest absolute Gasteiger partial charge is 0.291 e. The topological polar surface area (TPSA) is 113 Å². The number of nitrogens with one attached hydrogen (secondary N) is 1. The van der Waals surface area contributed by atoms with Crippen LogP contribution < -0.4 is 10.5 Å². The molecule has 4 aromatic rings. The Balaban J connectivity index is 1.73. The minimum Gasteiger partial charge on any atom is -0.291 e. The van der Waals surface area contributed by atoms with Gasteiger partial charge in [-0.05, 0) is 24.3 Å². The quantitative estimate of drug-likeness (QED) is 0.540. The predicted octanol–water partition coefficient (Wildman–Crippen LogP) is 1.28. The molecule has 2 amide bonds. The molecule has 0 fully saturated rings. The Kier molecular flexibility index (Phi) is 3.04. The fourth-order valence-corrected chi connectivity index (χ4v) is 3.05. The molecule has 3 aromatic heterocycles. The first-order valence-corrected chi connectivity index (χ1v) is 8.02. The Morgan fingerprint density at radius 1 is 0.926 bits per heavy atom. The first kappa shape index (κ1) is 15.1. The highest BCUT2D eigenvalue weighted by Gasteiger charge is 2.38. The number of rotatable bonds is 2. The lowest BCUT2D eigenvalue weighted by Gasteiger charge is -2.13. The number of aromatic amines is 1. The van der Waals surface area contributed by atoms with Crippen molar-refractivity contribution in [2.45, 2.75) is 0 Å². The van der Waals surface area contributed by atoms with Gasteiger partial charge in [-0.3, -0.25) is 24.4 Å². The van der Waals surface area contributed by atoms with Gasteiger partial charge in [0.2, 0.25) is 5.78 Å². The van der Waals surface area contributed by atoms with E-state index in [-0.39, 0.29) is 22.7 Å². The molecular formula is C18H10N6O3. The number of carbonyl (C=O) groups is 2. The third-order valence-electron chi connectivity index (χ3n) is 4.26. The van der Waals surface area contributed by atoms with E-state index in [9.17, 15) is 14.4 Å². The second-order valence-electron chi connectivity index (χ2n) is 5.90. The van der Waals surface area contributed by atoms with Crippen molar-refractivity contribution in [3.8, 4) is 11.4 Å². The van der Waals surface area contributed by atoms with Crippen LogP contribution in [0.1, 0.15) is 20.7 Å². The summed E-state index contributed by atoms with van der Waals surface area (Å²) in [6.45, 7) is 0. The number of anilines is 1. The lowest BCUT2D eigenvalue weighted by molar-refractivity contribution is 0.0924. The molecule has 9 nitrogen and oxygen atoms in total. The number of imide groups is 1. The summed E-state index contributed by atoms with van der Waals surface area (Å²) in [4.78, 5) is 49.4. The van der Waals surface area contributed by atoms with E-state index in [1.54, 1.807) is 48.8 Å². The third kappa shape index (κ3) is 2.18. The lowest BCUT2D eigenvalue weighted by atomic mass is 10.1. The van der Waals surface area contributed by atoms with Crippen LogP contribution in [0.5, 0.6) is 0 Å². The average molecular weight is 358 g/mol. The third-order valence-corrected chi connectivity index (χ3v) is 4.26. The van der Waals surface area contributed by atoms with Gasteiger partial charge in [-0.1, -0.05) is 12.1 Å². The van der Waals surface area contributed by atoms with E-state index < -0.39 is 17.4 Å². The summed E-state index contributed by atoms with van der Waals surface area (Å²) in [7, 11) is 0. The SMILES string of the molecule is O=C1c2ccccc2C(=O)N1c1cc(=O)[nH]c2nc(-c3cccnc3)nn12. The minimum atomic E-state index is -0.513. The number of carbonyl (C=O) groups excluding carboxylic acids is 2. The molecule has 27 heavy (non-hydrogen) atoms. The molecule has 0 radical (unpaired) electrons. The van der Waals surface area contributed by atoms with Crippen LogP contribution in [0.3, 0.4) is 0 Å². The number of aromatic nitrogens is 5. The number of H-pyrrole nitrogens is 1. The molecule has 0 bridgehead atoms.